The van der Waals surface area contributed by atoms with Gasteiger partial charge >= 0.3 is 0 Å². The number of hydrogen-bond acceptors (Lipinski definition) is 4. The standard InChI is InChI=1S/C16H27N3O2S/c1-13(2)9-12-22(20,21)18-15-7-10-19(11-8-15)16-6-4-5-14(3)17-16/h4-6,13,15,18H,7-12H2,1-3H3. The van der Waals surface area contributed by atoms with Crippen molar-refractivity contribution in [3.05, 3.63) is 23.9 Å². The van der Waals surface area contributed by atoms with Crippen LogP contribution in [-0.2, 0) is 10.0 Å². The zero-order chi connectivity index (χ0) is 16.2. The van der Waals surface area contributed by atoms with Crippen molar-refractivity contribution in [2.24, 2.45) is 5.92 Å². The van der Waals surface area contributed by atoms with Crippen molar-refractivity contribution in [1.82, 2.24) is 9.71 Å². The summed E-state index contributed by atoms with van der Waals surface area (Å²) in [5, 5.41) is 0. The molecule has 1 aromatic rings. The molecule has 1 aliphatic heterocycles. The van der Waals surface area contributed by atoms with Crippen LogP contribution < -0.4 is 9.62 Å². The van der Waals surface area contributed by atoms with Crippen molar-refractivity contribution in [3.63, 3.8) is 0 Å². The summed E-state index contributed by atoms with van der Waals surface area (Å²) in [5.74, 6) is 1.62. The number of piperidine rings is 1. The van der Waals surface area contributed by atoms with E-state index in [0.29, 0.717) is 12.3 Å². The van der Waals surface area contributed by atoms with E-state index < -0.39 is 10.0 Å². The first-order valence-corrected chi connectivity index (χ1v) is 9.69. The van der Waals surface area contributed by atoms with Gasteiger partial charge in [-0.15, -0.1) is 0 Å². The van der Waals surface area contributed by atoms with E-state index in [9.17, 15) is 8.42 Å². The van der Waals surface area contributed by atoms with Crippen molar-refractivity contribution in [2.75, 3.05) is 23.7 Å². The van der Waals surface area contributed by atoms with Gasteiger partial charge in [-0.2, -0.15) is 0 Å². The van der Waals surface area contributed by atoms with Crippen molar-refractivity contribution in [1.29, 1.82) is 0 Å². The topological polar surface area (TPSA) is 62.3 Å². The van der Waals surface area contributed by atoms with E-state index in [0.717, 1.165) is 37.4 Å². The molecule has 1 aliphatic rings. The Kier molecular flexibility index (Phi) is 5.81. The third kappa shape index (κ3) is 5.25. The molecular formula is C16H27N3O2S. The summed E-state index contributed by atoms with van der Waals surface area (Å²) in [6.07, 6.45) is 2.37. The van der Waals surface area contributed by atoms with Gasteiger partial charge in [0.25, 0.3) is 0 Å². The highest BCUT2D eigenvalue weighted by atomic mass is 32.2. The summed E-state index contributed by atoms with van der Waals surface area (Å²) < 4.78 is 27.0. The quantitative estimate of drug-likeness (QED) is 0.872. The Morgan fingerprint density at radius 2 is 2.00 bits per heavy atom. The highest BCUT2D eigenvalue weighted by Crippen LogP contribution is 2.18. The molecule has 0 spiro atoms. The maximum absolute atomic E-state index is 12.1. The van der Waals surface area contributed by atoms with E-state index in [1.807, 2.05) is 39.0 Å². The molecule has 2 rings (SSSR count). The Balaban J connectivity index is 1.84. The van der Waals surface area contributed by atoms with Crippen LogP contribution in [0.2, 0.25) is 0 Å². The zero-order valence-electron chi connectivity index (χ0n) is 13.7. The van der Waals surface area contributed by atoms with Crippen molar-refractivity contribution >= 4 is 15.8 Å². The third-order valence-electron chi connectivity index (χ3n) is 4.00. The predicted molar refractivity (Wildman–Crippen MR) is 90.6 cm³/mol. The van der Waals surface area contributed by atoms with Gasteiger partial charge < -0.3 is 4.90 Å². The van der Waals surface area contributed by atoms with Gasteiger partial charge in [0.2, 0.25) is 10.0 Å². The molecule has 124 valence electrons. The zero-order valence-corrected chi connectivity index (χ0v) is 14.6. The van der Waals surface area contributed by atoms with Gasteiger partial charge in [0.15, 0.2) is 0 Å². The number of anilines is 1. The molecule has 1 saturated heterocycles. The molecule has 22 heavy (non-hydrogen) atoms. The highest BCUT2D eigenvalue weighted by Gasteiger charge is 2.24. The molecule has 5 nitrogen and oxygen atoms in total. The highest BCUT2D eigenvalue weighted by molar-refractivity contribution is 7.89. The molecule has 0 bridgehead atoms. The minimum Gasteiger partial charge on any atom is -0.356 e. The van der Waals surface area contributed by atoms with Crippen LogP contribution in [-0.4, -0.2) is 38.3 Å². The molecule has 1 aromatic heterocycles. The Hall–Kier alpha value is -1.14. The maximum Gasteiger partial charge on any atom is 0.211 e. The van der Waals surface area contributed by atoms with Crippen LogP contribution in [0.25, 0.3) is 0 Å². The SMILES string of the molecule is Cc1cccc(N2CCC(NS(=O)(=O)CCC(C)C)CC2)n1. The Labute approximate surface area is 134 Å². The summed E-state index contributed by atoms with van der Waals surface area (Å²) in [6.45, 7) is 7.76. The van der Waals surface area contributed by atoms with E-state index in [-0.39, 0.29) is 11.8 Å². The first kappa shape index (κ1) is 17.2. The van der Waals surface area contributed by atoms with Crippen LogP contribution in [0.5, 0.6) is 0 Å². The maximum atomic E-state index is 12.1. The fraction of sp³-hybridized carbons (Fsp3) is 0.688. The molecule has 0 radical (unpaired) electrons. The molecule has 0 aromatic carbocycles. The number of rotatable bonds is 6. The number of sulfonamides is 1. The van der Waals surface area contributed by atoms with E-state index in [4.69, 9.17) is 0 Å². The Morgan fingerprint density at radius 1 is 1.32 bits per heavy atom. The molecule has 0 unspecified atom stereocenters. The summed E-state index contributed by atoms with van der Waals surface area (Å²) in [4.78, 5) is 6.76. The van der Waals surface area contributed by atoms with Gasteiger partial charge in [0, 0.05) is 24.8 Å². The van der Waals surface area contributed by atoms with Gasteiger partial charge in [-0.3, -0.25) is 0 Å². The van der Waals surface area contributed by atoms with Crippen LogP contribution >= 0.6 is 0 Å². The first-order valence-electron chi connectivity index (χ1n) is 8.04. The lowest BCUT2D eigenvalue weighted by Crippen LogP contribution is -2.45. The fourth-order valence-corrected chi connectivity index (χ4v) is 4.28. The number of aromatic nitrogens is 1. The first-order chi connectivity index (χ1) is 10.4. The third-order valence-corrected chi connectivity index (χ3v) is 5.47. The predicted octanol–water partition coefficient (Wildman–Crippen LogP) is 2.32. The molecular weight excluding hydrogens is 298 g/mol. The molecule has 0 atom stereocenters. The Morgan fingerprint density at radius 3 is 2.59 bits per heavy atom. The Bertz CT molecular complexity index is 579. The van der Waals surface area contributed by atoms with Crippen LogP contribution in [0.1, 0.15) is 38.8 Å². The van der Waals surface area contributed by atoms with Gasteiger partial charge in [-0.1, -0.05) is 19.9 Å². The smallest absolute Gasteiger partial charge is 0.211 e. The minimum absolute atomic E-state index is 0.0539. The van der Waals surface area contributed by atoms with Crippen molar-refractivity contribution in [2.45, 2.75) is 46.1 Å². The van der Waals surface area contributed by atoms with Crippen LogP contribution in [0.3, 0.4) is 0 Å². The number of hydrogen-bond donors (Lipinski definition) is 1. The number of pyridine rings is 1. The average Bonchev–Trinajstić information content (AvgIpc) is 2.46. The summed E-state index contributed by atoms with van der Waals surface area (Å²) in [7, 11) is -3.15. The van der Waals surface area contributed by atoms with Gasteiger partial charge in [-0.05, 0) is 44.2 Å². The number of aryl methyl sites for hydroxylation is 1. The lowest BCUT2D eigenvalue weighted by molar-refractivity contribution is 0.456. The minimum atomic E-state index is -3.15. The van der Waals surface area contributed by atoms with Crippen molar-refractivity contribution in [3.8, 4) is 0 Å². The normalized spacial score (nSPS) is 17.2. The lowest BCUT2D eigenvalue weighted by atomic mass is 10.1. The number of nitrogens with one attached hydrogen (secondary N) is 1. The molecule has 6 heteroatoms. The molecule has 0 amide bonds. The molecule has 0 aliphatic carbocycles. The van der Waals surface area contributed by atoms with Gasteiger partial charge in [0.1, 0.15) is 5.82 Å². The summed E-state index contributed by atoms with van der Waals surface area (Å²) >= 11 is 0. The monoisotopic (exact) mass is 325 g/mol. The van der Waals surface area contributed by atoms with E-state index in [1.54, 1.807) is 0 Å². The van der Waals surface area contributed by atoms with Crippen LogP contribution in [0.15, 0.2) is 18.2 Å². The van der Waals surface area contributed by atoms with Gasteiger partial charge in [-0.25, -0.2) is 18.1 Å². The van der Waals surface area contributed by atoms with E-state index in [1.165, 1.54) is 0 Å². The van der Waals surface area contributed by atoms with Crippen LogP contribution in [0, 0.1) is 12.8 Å². The number of nitrogens with zero attached hydrogens (tertiary/aromatic N) is 2. The van der Waals surface area contributed by atoms with Crippen LogP contribution in [0.4, 0.5) is 5.82 Å². The second-order valence-corrected chi connectivity index (χ2v) is 8.39. The molecule has 2 heterocycles. The van der Waals surface area contributed by atoms with E-state index in [2.05, 4.69) is 14.6 Å². The second-order valence-electron chi connectivity index (χ2n) is 6.52. The second kappa shape index (κ2) is 7.42. The largest absolute Gasteiger partial charge is 0.356 e. The van der Waals surface area contributed by atoms with Crippen molar-refractivity contribution < 1.29 is 8.42 Å². The van der Waals surface area contributed by atoms with E-state index >= 15 is 0 Å². The summed E-state index contributed by atoms with van der Waals surface area (Å²) in [6, 6.07) is 6.07. The lowest BCUT2D eigenvalue weighted by Gasteiger charge is -2.33. The molecule has 1 fully saturated rings. The van der Waals surface area contributed by atoms with Gasteiger partial charge in [0.05, 0.1) is 5.75 Å². The molecule has 1 N–H and O–H groups in total. The fourth-order valence-electron chi connectivity index (χ4n) is 2.63. The molecule has 0 saturated carbocycles. The summed E-state index contributed by atoms with van der Waals surface area (Å²) in [5.41, 5.74) is 1.01. The average molecular weight is 325 g/mol.